The maximum atomic E-state index is 4.50. The van der Waals surface area contributed by atoms with Crippen LogP contribution in [0.4, 0.5) is 0 Å². The van der Waals surface area contributed by atoms with Crippen LogP contribution in [0.5, 0.6) is 0 Å². The summed E-state index contributed by atoms with van der Waals surface area (Å²) in [5, 5.41) is 0. The van der Waals surface area contributed by atoms with Crippen molar-refractivity contribution in [3.8, 4) is 0 Å². The van der Waals surface area contributed by atoms with Crippen LogP contribution in [0.15, 0.2) is 0 Å². The molecule has 0 aliphatic carbocycles. The molecule has 0 amide bonds. The number of halogens is 2. The molecule has 0 fully saturated rings. The first-order chi connectivity index (χ1) is 1.00. The first-order valence-electron chi connectivity index (χ1n) is 0.577. The van der Waals surface area contributed by atoms with E-state index in [1.54, 1.807) is 0 Å². The zero-order valence-corrected chi connectivity index (χ0v) is 18.1. The quantitative estimate of drug-likeness (QED) is 0.318. The van der Waals surface area contributed by atoms with Crippen molar-refractivity contribution in [3.05, 3.63) is 0 Å². The molecule has 35 valence electrons. The molecule has 0 rings (SSSR count). The monoisotopic (exact) mass is 580 g/mol. The molecule has 0 saturated heterocycles. The van der Waals surface area contributed by atoms with Crippen molar-refractivity contribution in [2.45, 2.75) is 0 Å². The summed E-state index contributed by atoms with van der Waals surface area (Å²) in [6.07, 6.45) is 0. The van der Waals surface area contributed by atoms with Crippen molar-refractivity contribution < 1.29 is 0 Å². The molecular formula is CH7BrCsINPb. The molecule has 0 bridgehead atoms. The van der Waals surface area contributed by atoms with E-state index in [1.807, 2.05) is 0 Å². The average Bonchev–Trinajstić information content (AvgIpc) is 1.00. The molecule has 0 saturated carbocycles. The Bertz CT molecular complexity index is 15.5. The molecule has 0 spiro atoms. The fourth-order valence-corrected chi connectivity index (χ4v) is 0. The second-order valence-electron chi connectivity index (χ2n) is 0. The first kappa shape index (κ1) is 32.1. The minimum atomic E-state index is 0. The number of nitrogens with two attached hydrogens (primary N) is 1. The predicted octanol–water partition coefficient (Wildman–Crippen LogP) is 0.00920. The fourth-order valence-electron chi connectivity index (χ4n) is 0. The smallest absolute Gasteiger partial charge is 0 e. The summed E-state index contributed by atoms with van der Waals surface area (Å²) < 4.78 is 0. The Morgan fingerprint density at radius 1 is 1.17 bits per heavy atom. The van der Waals surface area contributed by atoms with Gasteiger partial charge in [-0.2, -0.15) is 0 Å². The van der Waals surface area contributed by atoms with Crippen molar-refractivity contribution >= 4 is 137 Å². The van der Waals surface area contributed by atoms with E-state index in [2.05, 4.69) is 5.73 Å². The van der Waals surface area contributed by atoms with Crippen molar-refractivity contribution in [1.82, 2.24) is 0 Å². The number of rotatable bonds is 0. The molecule has 0 atom stereocenters. The van der Waals surface area contributed by atoms with Gasteiger partial charge in [0.1, 0.15) is 0 Å². The average molecular weight is 580 g/mol. The molecule has 6 heavy (non-hydrogen) atoms. The van der Waals surface area contributed by atoms with Crippen LogP contribution in [0.25, 0.3) is 0 Å². The Morgan fingerprint density at radius 3 is 1.17 bits per heavy atom. The standard InChI is InChI=1S/CH5N.BrH.Cs.HI.Pb/c1-2;;;;/h2H2,1H3;1H;;1H;. The topological polar surface area (TPSA) is 26.0 Å². The second kappa shape index (κ2) is 35.3. The van der Waals surface area contributed by atoms with Crippen molar-refractivity contribution in [3.63, 3.8) is 0 Å². The summed E-state index contributed by atoms with van der Waals surface area (Å²) in [6.45, 7) is 0. The number of hydrogen-bond donors (Lipinski definition) is 1. The van der Waals surface area contributed by atoms with Crippen molar-refractivity contribution in [1.29, 1.82) is 0 Å². The van der Waals surface area contributed by atoms with Gasteiger partial charge in [-0.15, -0.1) is 41.0 Å². The van der Waals surface area contributed by atoms with Gasteiger partial charge >= 0.3 is 0 Å². The van der Waals surface area contributed by atoms with E-state index in [0.717, 1.165) is 0 Å². The van der Waals surface area contributed by atoms with Crippen LogP contribution in [0.3, 0.4) is 0 Å². The SMILES string of the molecule is Br.CN.I.[Cs].[Pb]. The predicted molar refractivity (Wildman–Crippen MR) is 47.4 cm³/mol. The van der Waals surface area contributed by atoms with Crippen LogP contribution in [0.2, 0.25) is 0 Å². The Hall–Kier alpha value is 4.14. The van der Waals surface area contributed by atoms with E-state index in [4.69, 9.17) is 0 Å². The second-order valence-corrected chi connectivity index (χ2v) is 0. The van der Waals surface area contributed by atoms with Gasteiger partial charge in [-0.25, -0.2) is 0 Å². The third-order valence-corrected chi connectivity index (χ3v) is 0. The minimum Gasteiger partial charge on any atom is -0.333 e. The van der Waals surface area contributed by atoms with Crippen LogP contribution < -0.4 is 5.73 Å². The summed E-state index contributed by atoms with van der Waals surface area (Å²) in [5.41, 5.74) is 4.50. The Morgan fingerprint density at radius 2 is 1.17 bits per heavy atom. The molecule has 5 heteroatoms. The summed E-state index contributed by atoms with van der Waals surface area (Å²) in [4.78, 5) is 0. The van der Waals surface area contributed by atoms with E-state index in [-0.39, 0.29) is 137 Å². The third-order valence-electron chi connectivity index (χ3n) is 0. The maximum absolute atomic E-state index is 4.50. The molecule has 0 heterocycles. The normalized spacial score (nSPS) is 1.00. The van der Waals surface area contributed by atoms with Gasteiger partial charge in [0.15, 0.2) is 0 Å². The van der Waals surface area contributed by atoms with Crippen LogP contribution in [-0.2, 0) is 0 Å². The molecule has 0 aromatic carbocycles. The van der Waals surface area contributed by atoms with E-state index in [9.17, 15) is 0 Å². The summed E-state index contributed by atoms with van der Waals surface area (Å²) >= 11 is 0. The van der Waals surface area contributed by atoms with E-state index >= 15 is 0 Å². The van der Waals surface area contributed by atoms with E-state index in [1.165, 1.54) is 7.05 Å². The van der Waals surface area contributed by atoms with Crippen LogP contribution in [-0.4, -0.2) is 103 Å². The molecule has 0 aliphatic rings. The van der Waals surface area contributed by atoms with Crippen LogP contribution in [0.1, 0.15) is 0 Å². The fraction of sp³-hybridized carbons (Fsp3) is 1.00. The Kier molecular flexibility index (Phi) is 189. The Balaban J connectivity index is -0.000000000833. The number of hydrogen-bond acceptors (Lipinski definition) is 1. The van der Waals surface area contributed by atoms with Crippen molar-refractivity contribution in [2.75, 3.05) is 7.05 Å². The molecule has 0 unspecified atom stereocenters. The van der Waals surface area contributed by atoms with Gasteiger partial charge in [0.2, 0.25) is 0 Å². The van der Waals surface area contributed by atoms with Crippen LogP contribution >= 0.6 is 41.0 Å². The Labute approximate surface area is 145 Å². The van der Waals surface area contributed by atoms with Gasteiger partial charge in [-0.05, 0) is 7.05 Å². The zero-order chi connectivity index (χ0) is 2.00. The third kappa shape index (κ3) is 24.2. The molecule has 1 nitrogen and oxygen atoms in total. The van der Waals surface area contributed by atoms with E-state index in [0.29, 0.717) is 0 Å². The van der Waals surface area contributed by atoms with Gasteiger partial charge in [0.25, 0.3) is 0 Å². The minimum absolute atomic E-state index is 0. The molecule has 0 aromatic heterocycles. The van der Waals surface area contributed by atoms with Gasteiger partial charge in [-0.1, -0.05) is 0 Å². The molecule has 0 aromatic rings. The zero-order valence-electron chi connectivity index (χ0n) is 3.89. The van der Waals surface area contributed by atoms with E-state index < -0.39 is 0 Å². The largest absolute Gasteiger partial charge is 0.333 e. The molecular weight excluding hydrogens is 573 g/mol. The van der Waals surface area contributed by atoms with Gasteiger partial charge in [0, 0.05) is 96.2 Å². The summed E-state index contributed by atoms with van der Waals surface area (Å²) in [7, 11) is 1.50. The van der Waals surface area contributed by atoms with Gasteiger partial charge < -0.3 is 5.73 Å². The summed E-state index contributed by atoms with van der Waals surface area (Å²) in [6, 6.07) is 0. The van der Waals surface area contributed by atoms with Crippen molar-refractivity contribution in [2.24, 2.45) is 5.73 Å². The summed E-state index contributed by atoms with van der Waals surface area (Å²) in [5.74, 6) is 0. The van der Waals surface area contributed by atoms with Gasteiger partial charge in [0.05, 0.1) is 0 Å². The molecule has 5 radical (unpaired) electrons. The first-order valence-corrected chi connectivity index (χ1v) is 0.577. The maximum Gasteiger partial charge on any atom is 0 e. The van der Waals surface area contributed by atoms with Crippen LogP contribution in [0, 0.1) is 0 Å². The van der Waals surface area contributed by atoms with Gasteiger partial charge in [-0.3, -0.25) is 0 Å². The molecule has 2 N–H and O–H groups in total. The molecule has 0 aliphatic heterocycles.